The van der Waals surface area contributed by atoms with E-state index < -0.39 is 0 Å². The Bertz CT molecular complexity index is 514. The first-order chi connectivity index (χ1) is 10.0. The van der Waals surface area contributed by atoms with Crippen LogP contribution in [0.2, 0.25) is 0 Å². The maximum absolute atomic E-state index is 11.8. The number of rotatable bonds is 5. The zero-order valence-electron chi connectivity index (χ0n) is 12.9. The largest absolute Gasteiger partial charge is 0.449 e. The van der Waals surface area contributed by atoms with E-state index in [1.54, 1.807) is 11.9 Å². The molecule has 0 fully saturated rings. The number of carbonyl (C=O) groups excluding carboxylic acids is 1. The van der Waals surface area contributed by atoms with Gasteiger partial charge in [0.15, 0.2) is 0 Å². The third kappa shape index (κ3) is 6.82. The van der Waals surface area contributed by atoms with Gasteiger partial charge in [0.05, 0.1) is 13.2 Å². The molecule has 1 aromatic rings. The van der Waals surface area contributed by atoms with Crippen LogP contribution in [0, 0.1) is 17.8 Å². The topological polar surface area (TPSA) is 49.8 Å². The fraction of sp³-hybridized carbons (Fsp3) is 0.471. The molecule has 0 spiro atoms. The van der Waals surface area contributed by atoms with E-state index in [1.807, 2.05) is 38.1 Å². The van der Waals surface area contributed by atoms with Crippen LogP contribution in [0.1, 0.15) is 31.4 Å². The summed E-state index contributed by atoms with van der Waals surface area (Å²) in [5.41, 5.74) is 1.87. The Balaban J connectivity index is 2.60. The van der Waals surface area contributed by atoms with Crippen molar-refractivity contribution in [2.45, 2.75) is 26.8 Å². The standard InChI is InChI=1S/C17H23NO3/c1-14(2)13-21-17(20)18(3)12-16-9-6-8-15(11-16)7-4-5-10-19/h6,8-9,11,14,19H,5,10,12-13H2,1-3H3. The first-order valence-corrected chi connectivity index (χ1v) is 7.09. The van der Waals surface area contributed by atoms with Crippen LogP contribution in [0.3, 0.4) is 0 Å². The highest BCUT2D eigenvalue weighted by Crippen LogP contribution is 2.08. The Hall–Kier alpha value is -1.99. The maximum atomic E-state index is 11.8. The average molecular weight is 289 g/mol. The van der Waals surface area contributed by atoms with Gasteiger partial charge in [-0.15, -0.1) is 0 Å². The maximum Gasteiger partial charge on any atom is 0.409 e. The predicted octanol–water partition coefficient (Wildman–Crippen LogP) is 2.64. The van der Waals surface area contributed by atoms with Crippen molar-refractivity contribution in [3.63, 3.8) is 0 Å². The van der Waals surface area contributed by atoms with Crippen molar-refractivity contribution >= 4 is 6.09 Å². The summed E-state index contributed by atoms with van der Waals surface area (Å²) in [4.78, 5) is 13.3. The molecule has 0 bridgehead atoms. The molecule has 0 radical (unpaired) electrons. The molecular formula is C17H23NO3. The molecule has 0 aliphatic heterocycles. The Morgan fingerprint density at radius 1 is 1.43 bits per heavy atom. The number of benzene rings is 1. The van der Waals surface area contributed by atoms with Crippen molar-refractivity contribution in [3.05, 3.63) is 35.4 Å². The summed E-state index contributed by atoms with van der Waals surface area (Å²) in [5, 5.41) is 8.71. The zero-order chi connectivity index (χ0) is 15.7. The molecule has 0 aliphatic carbocycles. The first-order valence-electron chi connectivity index (χ1n) is 7.09. The van der Waals surface area contributed by atoms with Gasteiger partial charge < -0.3 is 14.7 Å². The second-order valence-electron chi connectivity index (χ2n) is 5.30. The number of aliphatic hydroxyl groups excluding tert-OH is 1. The molecule has 0 heterocycles. The predicted molar refractivity (Wildman–Crippen MR) is 82.7 cm³/mol. The lowest BCUT2D eigenvalue weighted by Crippen LogP contribution is -2.28. The van der Waals surface area contributed by atoms with Crippen molar-refractivity contribution in [3.8, 4) is 11.8 Å². The highest BCUT2D eigenvalue weighted by atomic mass is 16.6. The SMILES string of the molecule is CC(C)COC(=O)N(C)Cc1cccc(C#CCCO)c1. The van der Waals surface area contributed by atoms with Crippen LogP contribution in [-0.2, 0) is 11.3 Å². The van der Waals surface area contributed by atoms with Crippen LogP contribution >= 0.6 is 0 Å². The van der Waals surface area contributed by atoms with Crippen LogP contribution in [0.25, 0.3) is 0 Å². The van der Waals surface area contributed by atoms with E-state index in [9.17, 15) is 4.79 Å². The summed E-state index contributed by atoms with van der Waals surface area (Å²) in [7, 11) is 1.72. The third-order valence-corrected chi connectivity index (χ3v) is 2.67. The molecule has 0 unspecified atom stereocenters. The minimum atomic E-state index is -0.319. The minimum absolute atomic E-state index is 0.0666. The lowest BCUT2D eigenvalue weighted by atomic mass is 10.1. The fourth-order valence-electron chi connectivity index (χ4n) is 1.65. The summed E-state index contributed by atoms with van der Waals surface area (Å²) >= 11 is 0. The Kier molecular flexibility index (Phi) is 7.34. The Morgan fingerprint density at radius 3 is 2.86 bits per heavy atom. The van der Waals surface area contributed by atoms with Gasteiger partial charge in [-0.3, -0.25) is 0 Å². The molecule has 114 valence electrons. The number of nitrogens with zero attached hydrogens (tertiary/aromatic N) is 1. The second kappa shape index (κ2) is 9.04. The summed E-state index contributed by atoms with van der Waals surface area (Å²) in [6, 6.07) is 7.70. The molecule has 4 heteroatoms. The van der Waals surface area contributed by atoms with Crippen molar-refractivity contribution in [2.75, 3.05) is 20.3 Å². The van der Waals surface area contributed by atoms with Crippen LogP contribution in [-0.4, -0.2) is 36.4 Å². The van der Waals surface area contributed by atoms with Crippen LogP contribution in [0.5, 0.6) is 0 Å². The van der Waals surface area contributed by atoms with E-state index in [-0.39, 0.29) is 12.7 Å². The number of carbonyl (C=O) groups is 1. The van der Waals surface area contributed by atoms with E-state index in [0.717, 1.165) is 11.1 Å². The molecule has 1 amide bonds. The molecule has 4 nitrogen and oxygen atoms in total. The van der Waals surface area contributed by atoms with E-state index >= 15 is 0 Å². The number of hydrogen-bond donors (Lipinski definition) is 1. The van der Waals surface area contributed by atoms with Gasteiger partial charge >= 0.3 is 6.09 Å². The second-order valence-corrected chi connectivity index (χ2v) is 5.30. The van der Waals surface area contributed by atoms with E-state index in [0.29, 0.717) is 25.5 Å². The van der Waals surface area contributed by atoms with Gasteiger partial charge in [-0.1, -0.05) is 37.8 Å². The molecule has 0 aromatic heterocycles. The van der Waals surface area contributed by atoms with Gasteiger partial charge in [-0.05, 0) is 23.6 Å². The van der Waals surface area contributed by atoms with Crippen molar-refractivity contribution in [1.82, 2.24) is 4.90 Å². The monoisotopic (exact) mass is 289 g/mol. The minimum Gasteiger partial charge on any atom is -0.449 e. The molecular weight excluding hydrogens is 266 g/mol. The Morgan fingerprint density at radius 2 is 2.19 bits per heavy atom. The summed E-state index contributed by atoms with van der Waals surface area (Å²) in [6.45, 7) is 4.98. The lowest BCUT2D eigenvalue weighted by Gasteiger charge is -2.18. The van der Waals surface area contributed by atoms with E-state index in [1.165, 1.54) is 0 Å². The van der Waals surface area contributed by atoms with Gasteiger partial charge in [0.2, 0.25) is 0 Å². The number of hydrogen-bond acceptors (Lipinski definition) is 3. The fourth-order valence-corrected chi connectivity index (χ4v) is 1.65. The van der Waals surface area contributed by atoms with Crippen molar-refractivity contribution < 1.29 is 14.6 Å². The van der Waals surface area contributed by atoms with Crippen molar-refractivity contribution in [2.24, 2.45) is 5.92 Å². The number of aliphatic hydroxyl groups is 1. The molecule has 0 saturated heterocycles. The van der Waals surface area contributed by atoms with Gasteiger partial charge in [0.1, 0.15) is 0 Å². The summed E-state index contributed by atoms with van der Waals surface area (Å²) in [6.07, 6.45) is 0.145. The highest BCUT2D eigenvalue weighted by molar-refractivity contribution is 5.67. The van der Waals surface area contributed by atoms with Crippen LogP contribution in [0.4, 0.5) is 4.79 Å². The smallest absolute Gasteiger partial charge is 0.409 e. The van der Waals surface area contributed by atoms with Gasteiger partial charge in [0, 0.05) is 25.6 Å². The number of amides is 1. The zero-order valence-corrected chi connectivity index (χ0v) is 12.9. The first kappa shape index (κ1) is 17.1. The summed E-state index contributed by atoms with van der Waals surface area (Å²) < 4.78 is 5.18. The molecule has 1 N–H and O–H groups in total. The summed E-state index contributed by atoms with van der Waals surface area (Å²) in [5.74, 6) is 6.19. The van der Waals surface area contributed by atoms with Crippen LogP contribution in [0.15, 0.2) is 24.3 Å². The molecule has 1 aromatic carbocycles. The van der Waals surface area contributed by atoms with Gasteiger partial charge in [-0.25, -0.2) is 4.79 Å². The van der Waals surface area contributed by atoms with Gasteiger partial charge in [0.25, 0.3) is 0 Å². The normalized spacial score (nSPS) is 9.95. The van der Waals surface area contributed by atoms with Crippen LogP contribution < -0.4 is 0 Å². The highest BCUT2D eigenvalue weighted by Gasteiger charge is 2.11. The molecule has 0 aliphatic rings. The molecule has 21 heavy (non-hydrogen) atoms. The third-order valence-electron chi connectivity index (χ3n) is 2.67. The van der Waals surface area contributed by atoms with E-state index in [2.05, 4.69) is 11.8 Å². The van der Waals surface area contributed by atoms with Gasteiger partial charge in [-0.2, -0.15) is 0 Å². The molecule has 1 rings (SSSR count). The molecule has 0 saturated carbocycles. The lowest BCUT2D eigenvalue weighted by molar-refractivity contribution is 0.0980. The average Bonchev–Trinajstić information content (AvgIpc) is 2.45. The molecule has 0 atom stereocenters. The Labute approximate surface area is 126 Å². The number of ether oxygens (including phenoxy) is 1. The van der Waals surface area contributed by atoms with E-state index in [4.69, 9.17) is 9.84 Å². The quantitative estimate of drug-likeness (QED) is 0.848. The van der Waals surface area contributed by atoms with Crippen molar-refractivity contribution in [1.29, 1.82) is 0 Å².